The van der Waals surface area contributed by atoms with Crippen LogP contribution in [-0.2, 0) is 4.79 Å². The van der Waals surface area contributed by atoms with Gasteiger partial charge >= 0.3 is 6.09 Å². The van der Waals surface area contributed by atoms with Crippen molar-refractivity contribution >= 4 is 12.0 Å². The van der Waals surface area contributed by atoms with Crippen LogP contribution in [0.4, 0.5) is 4.79 Å². The second-order valence-electron chi connectivity index (χ2n) is 3.16. The van der Waals surface area contributed by atoms with Gasteiger partial charge in [-0.2, -0.15) is 0 Å². The maximum Gasteiger partial charge on any atom is 0.415 e. The second kappa shape index (κ2) is 5.75. The highest BCUT2D eigenvalue weighted by Crippen LogP contribution is 2.09. The molecule has 0 heterocycles. The number of benzene rings is 1. The average molecular weight is 222 g/mol. The molecule has 0 bridgehead atoms. The van der Waals surface area contributed by atoms with Crippen molar-refractivity contribution in [3.8, 4) is 5.75 Å². The van der Waals surface area contributed by atoms with Crippen LogP contribution in [0.5, 0.6) is 5.75 Å². The second-order valence-corrected chi connectivity index (χ2v) is 3.16. The lowest BCUT2D eigenvalue weighted by molar-refractivity contribution is -0.118. The molecule has 0 aliphatic carbocycles. The molecule has 0 saturated heterocycles. The highest BCUT2D eigenvalue weighted by molar-refractivity contribution is 5.81. The van der Waals surface area contributed by atoms with Gasteiger partial charge in [0.2, 0.25) is 5.91 Å². The molecule has 0 saturated carbocycles. The van der Waals surface area contributed by atoms with E-state index in [9.17, 15) is 9.59 Å². The van der Waals surface area contributed by atoms with Gasteiger partial charge in [0.15, 0.2) is 0 Å². The van der Waals surface area contributed by atoms with Crippen molar-refractivity contribution in [3.63, 3.8) is 0 Å². The molecule has 0 unspecified atom stereocenters. The van der Waals surface area contributed by atoms with Gasteiger partial charge in [-0.15, -0.1) is 0 Å². The van der Waals surface area contributed by atoms with Crippen molar-refractivity contribution in [3.05, 3.63) is 30.3 Å². The number of ether oxygens (including phenoxy) is 1. The number of rotatable bonds is 4. The average Bonchev–Trinajstić information content (AvgIpc) is 2.26. The van der Waals surface area contributed by atoms with Crippen LogP contribution in [0.2, 0.25) is 0 Å². The standard InChI is InChI=1S/C11H14N2O3/c1-2-13(8-10(12)14)11(15)16-9-6-4-3-5-7-9/h3-7H,2,8H2,1H3,(H2,12,14). The summed E-state index contributed by atoms with van der Waals surface area (Å²) in [5, 5.41) is 0. The Morgan fingerprint density at radius 3 is 2.44 bits per heavy atom. The van der Waals surface area contributed by atoms with Gasteiger partial charge in [0.05, 0.1) is 0 Å². The van der Waals surface area contributed by atoms with Crippen LogP contribution in [0.3, 0.4) is 0 Å². The van der Waals surface area contributed by atoms with Crippen LogP contribution < -0.4 is 10.5 Å². The first-order valence-electron chi connectivity index (χ1n) is 4.93. The molecule has 16 heavy (non-hydrogen) atoms. The highest BCUT2D eigenvalue weighted by atomic mass is 16.6. The third kappa shape index (κ3) is 3.61. The largest absolute Gasteiger partial charge is 0.415 e. The first kappa shape index (κ1) is 12.0. The Bertz CT molecular complexity index is 365. The third-order valence-corrected chi connectivity index (χ3v) is 1.93. The van der Waals surface area contributed by atoms with Crippen molar-refractivity contribution in [2.75, 3.05) is 13.1 Å². The number of hydrogen-bond donors (Lipinski definition) is 1. The molecule has 5 nitrogen and oxygen atoms in total. The van der Waals surface area contributed by atoms with Crippen molar-refractivity contribution in [1.82, 2.24) is 4.90 Å². The molecule has 0 fully saturated rings. The molecular weight excluding hydrogens is 208 g/mol. The lowest BCUT2D eigenvalue weighted by atomic mass is 10.3. The summed E-state index contributed by atoms with van der Waals surface area (Å²) in [6.07, 6.45) is -0.576. The van der Waals surface area contributed by atoms with Crippen LogP contribution in [0.1, 0.15) is 6.92 Å². The van der Waals surface area contributed by atoms with Crippen LogP contribution in [0, 0.1) is 0 Å². The van der Waals surface area contributed by atoms with Crippen LogP contribution in [0.15, 0.2) is 30.3 Å². The Morgan fingerprint density at radius 1 is 1.31 bits per heavy atom. The molecular formula is C11H14N2O3. The van der Waals surface area contributed by atoms with E-state index in [1.807, 2.05) is 6.07 Å². The number of amides is 2. The fraction of sp³-hybridized carbons (Fsp3) is 0.273. The topological polar surface area (TPSA) is 72.6 Å². The van der Waals surface area contributed by atoms with E-state index < -0.39 is 12.0 Å². The molecule has 2 amide bonds. The zero-order chi connectivity index (χ0) is 12.0. The summed E-state index contributed by atoms with van der Waals surface area (Å²) in [5.74, 6) is -0.123. The van der Waals surface area contributed by atoms with Crippen LogP contribution >= 0.6 is 0 Å². The summed E-state index contributed by atoms with van der Waals surface area (Å²) in [7, 11) is 0. The molecule has 1 aromatic rings. The smallest absolute Gasteiger partial charge is 0.410 e. The van der Waals surface area contributed by atoms with Crippen molar-refractivity contribution in [2.45, 2.75) is 6.92 Å². The number of hydrogen-bond acceptors (Lipinski definition) is 3. The summed E-state index contributed by atoms with van der Waals surface area (Å²) >= 11 is 0. The monoisotopic (exact) mass is 222 g/mol. The Labute approximate surface area is 93.8 Å². The van der Waals surface area contributed by atoms with Gasteiger partial charge < -0.3 is 10.5 Å². The van der Waals surface area contributed by atoms with Crippen molar-refractivity contribution < 1.29 is 14.3 Å². The van der Waals surface area contributed by atoms with Gasteiger partial charge in [0.25, 0.3) is 0 Å². The van der Waals surface area contributed by atoms with Crippen molar-refractivity contribution in [1.29, 1.82) is 0 Å². The first-order valence-corrected chi connectivity index (χ1v) is 4.93. The molecule has 1 rings (SSSR count). The molecule has 0 atom stereocenters. The zero-order valence-electron chi connectivity index (χ0n) is 9.05. The fourth-order valence-electron chi connectivity index (χ4n) is 1.15. The van der Waals surface area contributed by atoms with Gasteiger partial charge in [0, 0.05) is 6.54 Å². The summed E-state index contributed by atoms with van der Waals surface area (Å²) < 4.78 is 5.05. The van der Waals surface area contributed by atoms with Gasteiger partial charge in [-0.3, -0.25) is 9.69 Å². The molecule has 1 aromatic carbocycles. The maximum atomic E-state index is 11.6. The van der Waals surface area contributed by atoms with Gasteiger partial charge in [0.1, 0.15) is 12.3 Å². The molecule has 2 N–H and O–H groups in total. The molecule has 0 spiro atoms. The summed E-state index contributed by atoms with van der Waals surface area (Å²) in [4.78, 5) is 23.5. The Morgan fingerprint density at radius 2 is 1.94 bits per heavy atom. The minimum atomic E-state index is -0.576. The van der Waals surface area contributed by atoms with Gasteiger partial charge in [-0.25, -0.2) is 4.79 Å². The van der Waals surface area contributed by atoms with E-state index in [2.05, 4.69) is 0 Å². The number of nitrogens with zero attached hydrogens (tertiary/aromatic N) is 1. The number of nitrogens with two attached hydrogens (primary N) is 1. The predicted octanol–water partition coefficient (Wildman–Crippen LogP) is 0.993. The van der Waals surface area contributed by atoms with E-state index in [0.717, 1.165) is 0 Å². The SMILES string of the molecule is CCN(CC(N)=O)C(=O)Oc1ccccc1. The zero-order valence-corrected chi connectivity index (χ0v) is 9.05. The van der Waals surface area contributed by atoms with E-state index in [0.29, 0.717) is 12.3 Å². The van der Waals surface area contributed by atoms with Crippen molar-refractivity contribution in [2.24, 2.45) is 5.73 Å². The number of carbonyl (C=O) groups excluding carboxylic acids is 2. The number of primary amides is 1. The third-order valence-electron chi connectivity index (χ3n) is 1.93. The minimum Gasteiger partial charge on any atom is -0.410 e. The normalized spacial score (nSPS) is 9.56. The molecule has 0 radical (unpaired) electrons. The first-order chi connectivity index (χ1) is 7.63. The maximum absolute atomic E-state index is 11.6. The summed E-state index contributed by atoms with van der Waals surface area (Å²) in [6.45, 7) is 1.98. The Balaban J connectivity index is 2.59. The predicted molar refractivity (Wildman–Crippen MR) is 58.9 cm³/mol. The van der Waals surface area contributed by atoms with E-state index in [1.165, 1.54) is 4.90 Å². The summed E-state index contributed by atoms with van der Waals surface area (Å²) in [6, 6.07) is 8.66. The Hall–Kier alpha value is -2.04. The molecule has 0 aliphatic heterocycles. The van der Waals surface area contributed by atoms with Gasteiger partial charge in [-0.05, 0) is 19.1 Å². The number of likely N-dealkylation sites (N-methyl/N-ethyl adjacent to an activating group) is 1. The molecule has 86 valence electrons. The van der Waals surface area contributed by atoms with E-state index in [-0.39, 0.29) is 6.54 Å². The summed E-state index contributed by atoms with van der Waals surface area (Å²) in [5.41, 5.74) is 5.01. The van der Waals surface area contributed by atoms with Gasteiger partial charge in [-0.1, -0.05) is 18.2 Å². The van der Waals surface area contributed by atoms with E-state index >= 15 is 0 Å². The van der Waals surface area contributed by atoms with Crippen LogP contribution in [-0.4, -0.2) is 30.0 Å². The van der Waals surface area contributed by atoms with E-state index in [1.54, 1.807) is 31.2 Å². The molecule has 0 aliphatic rings. The Kier molecular flexibility index (Phi) is 4.32. The molecule has 5 heteroatoms. The quantitative estimate of drug-likeness (QED) is 0.825. The number of carbonyl (C=O) groups is 2. The highest BCUT2D eigenvalue weighted by Gasteiger charge is 2.15. The lowest BCUT2D eigenvalue weighted by Gasteiger charge is -2.18. The van der Waals surface area contributed by atoms with Crippen LogP contribution in [0.25, 0.3) is 0 Å². The number of para-hydroxylation sites is 1. The fourth-order valence-corrected chi connectivity index (χ4v) is 1.15. The molecule has 0 aromatic heterocycles. The lowest BCUT2D eigenvalue weighted by Crippen LogP contribution is -2.39. The minimum absolute atomic E-state index is 0.137. The van der Waals surface area contributed by atoms with E-state index in [4.69, 9.17) is 10.5 Å².